The number of nitrogens with zero attached hydrogens (tertiary/aromatic N) is 1. The third-order valence-electron chi connectivity index (χ3n) is 2.50. The van der Waals surface area contributed by atoms with Gasteiger partial charge in [-0.2, -0.15) is 0 Å². The van der Waals surface area contributed by atoms with E-state index in [2.05, 4.69) is 41.8 Å². The molecule has 1 fully saturated rings. The number of hydrogen-bond donors (Lipinski definition) is 2. The molecule has 1 amide bonds. The van der Waals surface area contributed by atoms with Crippen LogP contribution in [0.4, 0.5) is 5.69 Å². The van der Waals surface area contributed by atoms with Crippen molar-refractivity contribution in [3.8, 4) is 0 Å². The molecule has 0 bridgehead atoms. The highest BCUT2D eigenvalue weighted by Crippen LogP contribution is 2.19. The maximum absolute atomic E-state index is 10.9. The van der Waals surface area contributed by atoms with Crippen molar-refractivity contribution >= 4 is 17.4 Å². The van der Waals surface area contributed by atoms with Gasteiger partial charge in [-0.05, 0) is 23.6 Å². The van der Waals surface area contributed by atoms with Gasteiger partial charge in [-0.3, -0.25) is 15.6 Å². The van der Waals surface area contributed by atoms with Crippen LogP contribution in [0.5, 0.6) is 0 Å². The third-order valence-corrected chi connectivity index (χ3v) is 2.50. The van der Waals surface area contributed by atoms with Crippen molar-refractivity contribution in [2.45, 2.75) is 26.2 Å². The number of carbonyl (C=O) groups excluding carboxylic acids is 1. The number of benzene rings is 1. The minimum Gasteiger partial charge on any atom is -0.285 e. The number of aliphatic imine (C=N–C) groups is 1. The van der Waals surface area contributed by atoms with Gasteiger partial charge >= 0.3 is 0 Å². The minimum absolute atomic E-state index is 0.0439. The third kappa shape index (κ3) is 2.39. The van der Waals surface area contributed by atoms with Crippen LogP contribution in [-0.2, 0) is 4.79 Å². The highest BCUT2D eigenvalue weighted by atomic mass is 16.2. The van der Waals surface area contributed by atoms with Gasteiger partial charge in [0.1, 0.15) is 5.84 Å². The summed E-state index contributed by atoms with van der Waals surface area (Å²) in [5.41, 5.74) is 7.40. The summed E-state index contributed by atoms with van der Waals surface area (Å²) in [5.74, 6) is 1.15. The Bertz CT molecular complexity index is 420. The summed E-state index contributed by atoms with van der Waals surface area (Å²) in [5, 5.41) is 0. The van der Waals surface area contributed by atoms with Crippen LogP contribution in [0.25, 0.3) is 0 Å². The van der Waals surface area contributed by atoms with Crippen LogP contribution >= 0.6 is 0 Å². The van der Waals surface area contributed by atoms with Crippen molar-refractivity contribution in [2.24, 2.45) is 4.99 Å². The van der Waals surface area contributed by atoms with Crippen LogP contribution in [0.3, 0.4) is 0 Å². The first-order chi connectivity index (χ1) is 7.65. The molecule has 1 saturated heterocycles. The monoisotopic (exact) mass is 217 g/mol. The van der Waals surface area contributed by atoms with E-state index in [0.717, 1.165) is 5.69 Å². The number of hydrogen-bond acceptors (Lipinski definition) is 2. The van der Waals surface area contributed by atoms with Crippen LogP contribution in [0, 0.1) is 0 Å². The fourth-order valence-electron chi connectivity index (χ4n) is 1.54. The second-order valence-electron chi connectivity index (χ2n) is 4.15. The van der Waals surface area contributed by atoms with E-state index in [9.17, 15) is 4.79 Å². The molecule has 1 aliphatic heterocycles. The van der Waals surface area contributed by atoms with E-state index in [1.54, 1.807) is 0 Å². The highest BCUT2D eigenvalue weighted by molar-refractivity contribution is 6.05. The molecule has 4 heteroatoms. The predicted octanol–water partition coefficient (Wildman–Crippen LogP) is 1.86. The van der Waals surface area contributed by atoms with Gasteiger partial charge in [0.15, 0.2) is 0 Å². The van der Waals surface area contributed by atoms with Gasteiger partial charge in [0.05, 0.1) is 12.1 Å². The molecule has 16 heavy (non-hydrogen) atoms. The highest BCUT2D eigenvalue weighted by Gasteiger charge is 2.14. The molecule has 1 aromatic rings. The van der Waals surface area contributed by atoms with Gasteiger partial charge in [0.25, 0.3) is 0 Å². The van der Waals surface area contributed by atoms with E-state index in [1.165, 1.54) is 5.56 Å². The number of amides is 1. The minimum atomic E-state index is -0.0439. The molecular formula is C12H15N3O. The molecule has 0 atom stereocenters. The van der Waals surface area contributed by atoms with Crippen molar-refractivity contribution in [1.82, 2.24) is 10.9 Å². The van der Waals surface area contributed by atoms with Crippen molar-refractivity contribution < 1.29 is 4.79 Å². The van der Waals surface area contributed by atoms with Crippen molar-refractivity contribution in [2.75, 3.05) is 0 Å². The topological polar surface area (TPSA) is 53.5 Å². The summed E-state index contributed by atoms with van der Waals surface area (Å²) in [6, 6.07) is 8.06. The molecule has 0 saturated carbocycles. The average Bonchev–Trinajstić information content (AvgIpc) is 2.65. The lowest BCUT2D eigenvalue weighted by Crippen LogP contribution is -2.28. The van der Waals surface area contributed by atoms with E-state index in [-0.39, 0.29) is 5.91 Å². The molecule has 2 N–H and O–H groups in total. The molecule has 0 radical (unpaired) electrons. The van der Waals surface area contributed by atoms with E-state index in [1.807, 2.05) is 12.1 Å². The summed E-state index contributed by atoms with van der Waals surface area (Å²) in [6.45, 7) is 4.31. The number of hydrazine groups is 1. The van der Waals surface area contributed by atoms with Crippen molar-refractivity contribution in [3.63, 3.8) is 0 Å². The molecule has 2 rings (SSSR count). The van der Waals surface area contributed by atoms with E-state index < -0.39 is 0 Å². The molecule has 1 aliphatic rings. The van der Waals surface area contributed by atoms with Gasteiger partial charge < -0.3 is 0 Å². The maximum Gasteiger partial charge on any atom is 0.245 e. The second-order valence-corrected chi connectivity index (χ2v) is 4.15. The number of amidine groups is 1. The lowest BCUT2D eigenvalue weighted by Gasteiger charge is -2.04. The molecule has 0 unspecified atom stereocenters. The van der Waals surface area contributed by atoms with Gasteiger partial charge in [0.2, 0.25) is 5.91 Å². The summed E-state index contributed by atoms with van der Waals surface area (Å²) >= 11 is 0. The van der Waals surface area contributed by atoms with E-state index in [0.29, 0.717) is 18.2 Å². The van der Waals surface area contributed by atoms with Gasteiger partial charge in [-0.1, -0.05) is 26.0 Å². The largest absolute Gasteiger partial charge is 0.285 e. The number of carbonyl (C=O) groups is 1. The Morgan fingerprint density at radius 3 is 2.38 bits per heavy atom. The van der Waals surface area contributed by atoms with E-state index >= 15 is 0 Å². The fraction of sp³-hybridized carbons (Fsp3) is 0.333. The molecule has 0 aliphatic carbocycles. The zero-order valence-electron chi connectivity index (χ0n) is 9.45. The molecule has 84 valence electrons. The van der Waals surface area contributed by atoms with Crippen LogP contribution in [0.2, 0.25) is 0 Å². The number of nitrogens with one attached hydrogen (secondary N) is 2. The number of rotatable bonds is 2. The summed E-state index contributed by atoms with van der Waals surface area (Å²) in [4.78, 5) is 15.3. The molecule has 1 heterocycles. The normalized spacial score (nSPS) is 17.7. The Balaban J connectivity index is 2.13. The lowest BCUT2D eigenvalue weighted by atomic mass is 10.0. The van der Waals surface area contributed by atoms with Crippen molar-refractivity contribution in [3.05, 3.63) is 29.8 Å². The molecule has 0 aromatic heterocycles. The first-order valence-electron chi connectivity index (χ1n) is 5.37. The van der Waals surface area contributed by atoms with Crippen molar-refractivity contribution in [1.29, 1.82) is 0 Å². The Labute approximate surface area is 94.7 Å². The smallest absolute Gasteiger partial charge is 0.245 e. The lowest BCUT2D eigenvalue weighted by molar-refractivity contribution is -0.119. The van der Waals surface area contributed by atoms with E-state index in [4.69, 9.17) is 0 Å². The van der Waals surface area contributed by atoms with Crippen LogP contribution in [0.15, 0.2) is 29.3 Å². The molecular weight excluding hydrogens is 202 g/mol. The summed E-state index contributed by atoms with van der Waals surface area (Å²) in [6.07, 6.45) is 0.325. The first-order valence-corrected chi connectivity index (χ1v) is 5.37. The Hall–Kier alpha value is -1.84. The average molecular weight is 217 g/mol. The summed E-state index contributed by atoms with van der Waals surface area (Å²) < 4.78 is 0. The molecule has 0 spiro atoms. The first kappa shape index (κ1) is 10.7. The standard InChI is InChI=1S/C12H15N3O/c1-8(2)9-3-5-10(6-4-9)13-11-7-12(16)15-14-11/h3-6,8H,7H2,1-2H3,(H,13,14)(H,15,16). The fourth-order valence-corrected chi connectivity index (χ4v) is 1.54. The SMILES string of the molecule is CC(C)c1ccc(N=C2CC(=O)NN2)cc1. The predicted molar refractivity (Wildman–Crippen MR) is 63.5 cm³/mol. The summed E-state index contributed by atoms with van der Waals surface area (Å²) in [7, 11) is 0. The maximum atomic E-state index is 10.9. The van der Waals surface area contributed by atoms with Gasteiger partial charge in [-0.15, -0.1) is 0 Å². The zero-order valence-corrected chi connectivity index (χ0v) is 9.45. The van der Waals surface area contributed by atoms with Crippen LogP contribution < -0.4 is 10.9 Å². The second kappa shape index (κ2) is 4.35. The van der Waals surface area contributed by atoms with Gasteiger partial charge in [0, 0.05) is 0 Å². The van der Waals surface area contributed by atoms with Crippen LogP contribution in [-0.4, -0.2) is 11.7 Å². The van der Waals surface area contributed by atoms with Crippen LogP contribution in [0.1, 0.15) is 31.7 Å². The Morgan fingerprint density at radius 2 is 1.88 bits per heavy atom. The Morgan fingerprint density at radius 1 is 1.19 bits per heavy atom. The molecule has 4 nitrogen and oxygen atoms in total. The quantitative estimate of drug-likeness (QED) is 0.794. The van der Waals surface area contributed by atoms with Gasteiger partial charge in [-0.25, -0.2) is 4.99 Å². The Kier molecular flexibility index (Phi) is 2.90. The zero-order chi connectivity index (χ0) is 11.5. The molecule has 1 aromatic carbocycles.